The van der Waals surface area contributed by atoms with Crippen molar-refractivity contribution < 1.29 is 9.53 Å². The van der Waals surface area contributed by atoms with Gasteiger partial charge in [0, 0.05) is 43.5 Å². The van der Waals surface area contributed by atoms with E-state index in [-0.39, 0.29) is 17.4 Å². The summed E-state index contributed by atoms with van der Waals surface area (Å²) in [7, 11) is 1.86. The molecule has 3 aromatic heterocycles. The van der Waals surface area contributed by atoms with Gasteiger partial charge in [-0.1, -0.05) is 44.2 Å². The van der Waals surface area contributed by atoms with Crippen LogP contribution in [0.4, 0.5) is 11.6 Å². The quantitative estimate of drug-likeness (QED) is 0.363. The summed E-state index contributed by atoms with van der Waals surface area (Å²) < 4.78 is 7.22. The van der Waals surface area contributed by atoms with Gasteiger partial charge in [0.1, 0.15) is 5.01 Å². The molecule has 40 heavy (non-hydrogen) atoms. The van der Waals surface area contributed by atoms with E-state index in [1.54, 1.807) is 17.1 Å². The maximum absolute atomic E-state index is 13.3. The predicted octanol–water partition coefficient (Wildman–Crippen LogP) is 3.85. The van der Waals surface area contributed by atoms with Crippen molar-refractivity contribution in [3.05, 3.63) is 64.0 Å². The number of nitrogens with zero attached hydrogens (tertiary/aromatic N) is 7. The number of amides is 1. The molecule has 0 spiro atoms. The van der Waals surface area contributed by atoms with Crippen molar-refractivity contribution >= 4 is 28.9 Å². The van der Waals surface area contributed by atoms with Crippen LogP contribution in [-0.2, 0) is 23.7 Å². The number of nitrogens with one attached hydrogen (secondary N) is 2. The summed E-state index contributed by atoms with van der Waals surface area (Å²) in [6.07, 6.45) is 6.16. The molecule has 6 rings (SSSR count). The lowest BCUT2D eigenvalue weighted by atomic mass is 9.96. The minimum atomic E-state index is -0.185. The number of hydrogen-bond donors (Lipinski definition) is 2. The summed E-state index contributed by atoms with van der Waals surface area (Å²) in [6.45, 7) is 9.33. The molecule has 208 valence electrons. The molecule has 0 unspecified atom stereocenters. The highest BCUT2D eigenvalue weighted by Crippen LogP contribution is 2.33. The van der Waals surface area contributed by atoms with Gasteiger partial charge in [0.05, 0.1) is 42.9 Å². The molecule has 5 heterocycles. The van der Waals surface area contributed by atoms with Crippen molar-refractivity contribution in [3.8, 4) is 11.3 Å². The second-order valence-electron chi connectivity index (χ2n) is 11.3. The highest BCUT2D eigenvalue weighted by Gasteiger charge is 2.32. The third-order valence-electron chi connectivity index (χ3n) is 7.21. The molecule has 0 aliphatic carbocycles. The molecule has 1 aromatic carbocycles. The van der Waals surface area contributed by atoms with Crippen LogP contribution in [0.15, 0.2) is 42.9 Å². The van der Waals surface area contributed by atoms with Crippen LogP contribution < -0.4 is 10.6 Å². The van der Waals surface area contributed by atoms with Gasteiger partial charge in [0.2, 0.25) is 11.0 Å². The zero-order chi connectivity index (χ0) is 27.9. The van der Waals surface area contributed by atoms with E-state index in [0.717, 1.165) is 60.2 Å². The van der Waals surface area contributed by atoms with Crippen LogP contribution >= 0.6 is 11.3 Å². The highest BCUT2D eigenvalue weighted by atomic mass is 32.1. The zero-order valence-corrected chi connectivity index (χ0v) is 23.9. The van der Waals surface area contributed by atoms with Crippen molar-refractivity contribution in [1.29, 1.82) is 0 Å². The Balaban J connectivity index is 1.28. The van der Waals surface area contributed by atoms with Crippen LogP contribution in [0.25, 0.3) is 11.3 Å². The molecule has 2 aliphatic heterocycles. The Hall–Kier alpha value is -3.74. The predicted molar refractivity (Wildman–Crippen MR) is 152 cm³/mol. The standard InChI is InChI=1S/C28H33N9O2S/c1-28(2,3)26-35-34-25(40-26)24(38)32-23-8-10-37(20-15-39-16-20)13-18-11-17(5-6-21(18)23)22-7-9-29-27(33-22)31-19-12-30-36(4)14-19/h5-7,9,11-12,14,20,23H,8,10,13,15-16H2,1-4H3,(H,32,38)(H,29,31,33)/t23-/m0/s1. The van der Waals surface area contributed by atoms with E-state index in [0.29, 0.717) is 17.0 Å². The number of fused-ring (bicyclic) bond motifs is 1. The van der Waals surface area contributed by atoms with Crippen LogP contribution in [-0.4, -0.2) is 66.6 Å². The average molecular weight is 560 g/mol. The number of hydrogen-bond acceptors (Lipinski definition) is 10. The van der Waals surface area contributed by atoms with Gasteiger partial charge in [-0.3, -0.25) is 14.4 Å². The molecule has 0 bridgehead atoms. The summed E-state index contributed by atoms with van der Waals surface area (Å²) in [6, 6.07) is 8.53. The lowest BCUT2D eigenvalue weighted by Gasteiger charge is -2.36. The Kier molecular flexibility index (Phi) is 7.07. The monoisotopic (exact) mass is 559 g/mol. The Morgan fingerprint density at radius 1 is 1.18 bits per heavy atom. The first kappa shape index (κ1) is 26.5. The lowest BCUT2D eigenvalue weighted by Crippen LogP contribution is -2.48. The number of rotatable bonds is 6. The Morgan fingerprint density at radius 3 is 2.73 bits per heavy atom. The second kappa shape index (κ2) is 10.7. The number of aromatic nitrogens is 6. The zero-order valence-electron chi connectivity index (χ0n) is 23.1. The second-order valence-corrected chi connectivity index (χ2v) is 12.3. The Bertz CT molecular complexity index is 1520. The molecule has 2 N–H and O–H groups in total. The van der Waals surface area contributed by atoms with Gasteiger partial charge >= 0.3 is 0 Å². The summed E-state index contributed by atoms with van der Waals surface area (Å²) in [5.74, 6) is 0.320. The SMILES string of the molecule is Cn1cc(Nc2nccc(-c3ccc4c(c3)CN(C3COC3)CC[C@@H]4NC(=O)c3nnc(C(C)(C)C)s3)n2)cn1. The maximum atomic E-state index is 13.3. The van der Waals surface area contributed by atoms with Gasteiger partial charge in [-0.2, -0.15) is 5.10 Å². The van der Waals surface area contributed by atoms with Crippen molar-refractivity contribution in [2.45, 2.75) is 51.2 Å². The van der Waals surface area contributed by atoms with Crippen molar-refractivity contribution in [2.75, 3.05) is 25.1 Å². The molecule has 1 atom stereocenters. The van der Waals surface area contributed by atoms with Gasteiger partial charge in [-0.05, 0) is 29.7 Å². The molecule has 11 nitrogen and oxygen atoms in total. The molecular weight excluding hydrogens is 526 g/mol. The summed E-state index contributed by atoms with van der Waals surface area (Å²) in [5, 5.41) is 20.4. The first-order valence-electron chi connectivity index (χ1n) is 13.4. The van der Waals surface area contributed by atoms with E-state index < -0.39 is 0 Å². The van der Waals surface area contributed by atoms with Crippen molar-refractivity contribution in [1.82, 2.24) is 40.2 Å². The summed E-state index contributed by atoms with van der Waals surface area (Å²) in [4.78, 5) is 24.9. The van der Waals surface area contributed by atoms with E-state index in [9.17, 15) is 4.79 Å². The number of benzene rings is 1. The van der Waals surface area contributed by atoms with Gasteiger partial charge in [-0.15, -0.1) is 10.2 Å². The number of ether oxygens (including phenoxy) is 1. The molecule has 1 saturated heterocycles. The third kappa shape index (κ3) is 5.60. The summed E-state index contributed by atoms with van der Waals surface area (Å²) >= 11 is 1.36. The molecule has 12 heteroatoms. The van der Waals surface area contributed by atoms with E-state index in [1.165, 1.54) is 16.9 Å². The van der Waals surface area contributed by atoms with E-state index in [1.807, 2.05) is 19.3 Å². The fraction of sp³-hybridized carbons (Fsp3) is 0.429. The number of anilines is 2. The highest BCUT2D eigenvalue weighted by molar-refractivity contribution is 7.13. The molecule has 0 radical (unpaired) electrons. The molecular formula is C28H33N9O2S. The fourth-order valence-corrected chi connectivity index (χ4v) is 5.72. The van der Waals surface area contributed by atoms with Crippen LogP contribution in [0.2, 0.25) is 0 Å². The Morgan fingerprint density at radius 2 is 2.02 bits per heavy atom. The Labute approximate surface area is 237 Å². The minimum absolute atomic E-state index is 0.141. The largest absolute Gasteiger partial charge is 0.378 e. The molecule has 0 saturated carbocycles. The van der Waals surface area contributed by atoms with Gasteiger partial charge in [-0.25, -0.2) is 9.97 Å². The van der Waals surface area contributed by atoms with Crippen molar-refractivity contribution in [3.63, 3.8) is 0 Å². The number of aryl methyl sites for hydroxylation is 1. The average Bonchev–Trinajstić information content (AvgIpc) is 3.51. The van der Waals surface area contributed by atoms with Gasteiger partial charge < -0.3 is 15.4 Å². The topological polar surface area (TPSA) is 123 Å². The van der Waals surface area contributed by atoms with Gasteiger partial charge in [0.25, 0.3) is 5.91 Å². The lowest BCUT2D eigenvalue weighted by molar-refractivity contribution is -0.0678. The van der Waals surface area contributed by atoms with E-state index in [4.69, 9.17) is 9.72 Å². The summed E-state index contributed by atoms with van der Waals surface area (Å²) in [5.41, 5.74) is 4.76. The van der Waals surface area contributed by atoms with E-state index in [2.05, 4.69) is 74.8 Å². The molecule has 1 amide bonds. The van der Waals surface area contributed by atoms with Crippen LogP contribution in [0.5, 0.6) is 0 Å². The number of carbonyl (C=O) groups excluding carboxylic acids is 1. The maximum Gasteiger partial charge on any atom is 0.282 e. The number of carbonyl (C=O) groups is 1. The first-order valence-corrected chi connectivity index (χ1v) is 14.2. The molecule has 4 aromatic rings. The van der Waals surface area contributed by atoms with Gasteiger partial charge in [0.15, 0.2) is 0 Å². The fourth-order valence-electron chi connectivity index (χ4n) is 4.92. The van der Waals surface area contributed by atoms with E-state index >= 15 is 0 Å². The molecule has 1 fully saturated rings. The first-order chi connectivity index (χ1) is 19.2. The van der Waals surface area contributed by atoms with Crippen LogP contribution in [0.1, 0.15) is 59.2 Å². The van der Waals surface area contributed by atoms with Crippen molar-refractivity contribution in [2.24, 2.45) is 7.05 Å². The molecule has 2 aliphatic rings. The van der Waals surface area contributed by atoms with Crippen LogP contribution in [0, 0.1) is 0 Å². The third-order valence-corrected chi connectivity index (χ3v) is 8.56. The van der Waals surface area contributed by atoms with Crippen LogP contribution in [0.3, 0.4) is 0 Å². The normalized spacial score (nSPS) is 18.1. The smallest absolute Gasteiger partial charge is 0.282 e. The minimum Gasteiger partial charge on any atom is -0.378 e.